The molecular weight excluding hydrogens is 675 g/mol. The average molecular weight is 720 g/mol. The molecule has 0 saturated heterocycles. The number of unbranched alkanes of at least 4 members (excludes halogenated alkanes) is 1. The fourth-order valence-corrected chi connectivity index (χ4v) is 7.32. The summed E-state index contributed by atoms with van der Waals surface area (Å²) in [6.45, 7) is 8.32. The van der Waals surface area contributed by atoms with Gasteiger partial charge >= 0.3 is 5.97 Å². The number of aromatic nitrogens is 2. The van der Waals surface area contributed by atoms with Crippen LogP contribution in [0.2, 0.25) is 0 Å². The monoisotopic (exact) mass is 719 g/mol. The Morgan fingerprint density at radius 1 is 0.846 bits per heavy atom. The van der Waals surface area contributed by atoms with Crippen LogP contribution >= 0.6 is 0 Å². The number of fused-ring (bicyclic) bond motifs is 2. The van der Waals surface area contributed by atoms with E-state index in [9.17, 15) is 13.2 Å². The number of aryl methyl sites for hydroxylation is 1. The zero-order valence-electron chi connectivity index (χ0n) is 30.5. The predicted octanol–water partition coefficient (Wildman–Crippen LogP) is 9.06. The molecule has 0 radical (unpaired) electrons. The van der Waals surface area contributed by atoms with Gasteiger partial charge in [-0.2, -0.15) is 0 Å². The van der Waals surface area contributed by atoms with Crippen LogP contribution < -0.4 is 14.8 Å². The van der Waals surface area contributed by atoms with Crippen molar-refractivity contribution in [1.82, 2.24) is 9.55 Å². The second kappa shape index (κ2) is 15.1. The molecule has 1 heterocycles. The van der Waals surface area contributed by atoms with Gasteiger partial charge in [0.2, 0.25) is 0 Å². The molecule has 0 atom stereocenters. The topological polar surface area (TPSA) is 109 Å². The van der Waals surface area contributed by atoms with Crippen molar-refractivity contribution in [2.45, 2.75) is 64.0 Å². The minimum Gasteiger partial charge on any atom is -0.493 e. The fraction of sp³-hybridized carbons (Fsp3) is 0.286. The summed E-state index contributed by atoms with van der Waals surface area (Å²) in [7, 11) is -0.564. The molecule has 0 bridgehead atoms. The van der Waals surface area contributed by atoms with Crippen LogP contribution in [0.5, 0.6) is 11.5 Å². The Hall–Kier alpha value is -5.35. The van der Waals surface area contributed by atoms with Crippen molar-refractivity contribution in [3.05, 3.63) is 114 Å². The van der Waals surface area contributed by atoms with Crippen molar-refractivity contribution in [1.29, 1.82) is 0 Å². The number of sulfone groups is 1. The smallest absolute Gasteiger partial charge is 0.339 e. The van der Waals surface area contributed by atoms with Gasteiger partial charge in [0.05, 0.1) is 35.7 Å². The first kappa shape index (κ1) is 36.4. The molecule has 0 aliphatic heterocycles. The maximum atomic E-state index is 13.5. The molecule has 0 fully saturated rings. The molecule has 9 nitrogen and oxygen atoms in total. The number of imidazole rings is 1. The van der Waals surface area contributed by atoms with Crippen molar-refractivity contribution in [2.24, 2.45) is 0 Å². The standard InChI is InChI=1S/C42H45N3O6S/c1-7-8-13-40-44-36-21-19-32(43-27-52(47,48)33-20-18-30-23-38(49-5)39(50-6)24-31(30)22-33)25-37(36)45(40)26-28-14-16-29(17-15-28)34-11-9-10-12-35(34)41(46)51-42(2,3)4/h9-12,14-25,43H,7-8,13,26-27H2,1-6H3. The molecule has 0 saturated carbocycles. The van der Waals surface area contributed by atoms with Gasteiger partial charge in [-0.25, -0.2) is 18.2 Å². The van der Waals surface area contributed by atoms with Gasteiger partial charge in [-0.15, -0.1) is 0 Å². The Morgan fingerprint density at radius 3 is 2.25 bits per heavy atom. The highest BCUT2D eigenvalue weighted by Crippen LogP contribution is 2.34. The lowest BCUT2D eigenvalue weighted by atomic mass is 9.98. The number of esters is 1. The number of ether oxygens (including phenoxy) is 3. The van der Waals surface area contributed by atoms with E-state index in [1.165, 1.54) is 0 Å². The van der Waals surface area contributed by atoms with Gasteiger partial charge in [-0.1, -0.05) is 61.9 Å². The van der Waals surface area contributed by atoms with E-state index in [2.05, 4.69) is 28.9 Å². The lowest BCUT2D eigenvalue weighted by molar-refractivity contribution is 0.00704. The molecule has 0 spiro atoms. The lowest BCUT2D eigenvalue weighted by Crippen LogP contribution is -2.24. The van der Waals surface area contributed by atoms with E-state index in [4.69, 9.17) is 19.2 Å². The summed E-state index contributed by atoms with van der Waals surface area (Å²) >= 11 is 0. The molecule has 0 aliphatic rings. The second-order valence-electron chi connectivity index (χ2n) is 13.8. The SMILES string of the molecule is CCCCc1nc2ccc(NCS(=O)(=O)c3ccc4cc(OC)c(OC)cc4c3)cc2n1Cc1ccc(-c2ccccc2C(=O)OC(C)(C)C)cc1. The highest BCUT2D eigenvalue weighted by molar-refractivity contribution is 7.91. The number of rotatable bonds is 13. The second-order valence-corrected chi connectivity index (χ2v) is 15.8. The van der Waals surface area contributed by atoms with Crippen molar-refractivity contribution in [3.8, 4) is 22.6 Å². The number of nitrogens with one attached hydrogen (secondary N) is 1. The van der Waals surface area contributed by atoms with Gasteiger partial charge in [-0.3, -0.25) is 0 Å². The van der Waals surface area contributed by atoms with Gasteiger partial charge in [0.15, 0.2) is 21.3 Å². The third-order valence-corrected chi connectivity index (χ3v) is 10.4. The minimum atomic E-state index is -3.68. The van der Waals surface area contributed by atoms with Gasteiger partial charge in [0.25, 0.3) is 0 Å². The first-order chi connectivity index (χ1) is 24.9. The zero-order valence-corrected chi connectivity index (χ0v) is 31.3. The summed E-state index contributed by atoms with van der Waals surface area (Å²) in [6, 6.07) is 30.1. The van der Waals surface area contributed by atoms with Crippen LogP contribution in [-0.4, -0.2) is 49.6 Å². The third-order valence-electron chi connectivity index (χ3n) is 8.87. The maximum Gasteiger partial charge on any atom is 0.339 e. The number of carbonyl (C=O) groups excluding carboxylic acids is 1. The first-order valence-electron chi connectivity index (χ1n) is 17.4. The first-order valence-corrected chi connectivity index (χ1v) is 19.1. The molecule has 270 valence electrons. The van der Waals surface area contributed by atoms with E-state index in [0.29, 0.717) is 29.3 Å². The highest BCUT2D eigenvalue weighted by atomic mass is 32.2. The van der Waals surface area contributed by atoms with E-state index < -0.39 is 15.4 Å². The summed E-state index contributed by atoms with van der Waals surface area (Å²) in [5, 5.41) is 4.74. The Bertz CT molecular complexity index is 2340. The quantitative estimate of drug-likeness (QED) is 0.118. The van der Waals surface area contributed by atoms with Crippen LogP contribution in [0.4, 0.5) is 5.69 Å². The number of hydrogen-bond donors (Lipinski definition) is 1. The Morgan fingerprint density at radius 2 is 1.56 bits per heavy atom. The van der Waals surface area contributed by atoms with E-state index >= 15 is 0 Å². The molecule has 10 heteroatoms. The molecule has 6 aromatic rings. The Kier molecular flexibility index (Phi) is 10.6. The van der Waals surface area contributed by atoms with Crippen LogP contribution in [0.1, 0.15) is 62.3 Å². The van der Waals surface area contributed by atoms with Crippen LogP contribution in [0.15, 0.2) is 102 Å². The molecule has 1 aromatic heterocycles. The largest absolute Gasteiger partial charge is 0.493 e. The number of nitrogens with zero attached hydrogens (tertiary/aromatic N) is 2. The Labute approximate surface area is 305 Å². The van der Waals surface area contributed by atoms with Crippen molar-refractivity contribution < 1.29 is 27.4 Å². The van der Waals surface area contributed by atoms with E-state index in [1.807, 2.05) is 75.4 Å². The Balaban J connectivity index is 1.25. The molecule has 1 N–H and O–H groups in total. The van der Waals surface area contributed by atoms with Crippen molar-refractivity contribution in [2.75, 3.05) is 25.4 Å². The van der Waals surface area contributed by atoms with Crippen LogP contribution in [0, 0.1) is 0 Å². The van der Waals surface area contributed by atoms with Crippen LogP contribution in [-0.2, 0) is 27.5 Å². The van der Waals surface area contributed by atoms with Gasteiger partial charge in [0, 0.05) is 18.7 Å². The predicted molar refractivity (Wildman–Crippen MR) is 207 cm³/mol. The third kappa shape index (κ3) is 8.07. The van der Waals surface area contributed by atoms with E-state index in [0.717, 1.165) is 63.6 Å². The molecule has 5 aromatic carbocycles. The average Bonchev–Trinajstić information content (AvgIpc) is 3.47. The highest BCUT2D eigenvalue weighted by Gasteiger charge is 2.21. The van der Waals surface area contributed by atoms with Crippen LogP contribution in [0.3, 0.4) is 0 Å². The number of hydrogen-bond acceptors (Lipinski definition) is 8. The summed E-state index contributed by atoms with van der Waals surface area (Å²) < 4.78 is 45.7. The molecule has 0 aliphatic carbocycles. The van der Waals surface area contributed by atoms with E-state index in [-0.39, 0.29) is 16.7 Å². The number of methoxy groups -OCH3 is 2. The molecule has 0 amide bonds. The van der Waals surface area contributed by atoms with Gasteiger partial charge in [0.1, 0.15) is 17.3 Å². The molecule has 52 heavy (non-hydrogen) atoms. The van der Waals surface area contributed by atoms with E-state index in [1.54, 1.807) is 44.6 Å². The summed E-state index contributed by atoms with van der Waals surface area (Å²) in [5.74, 6) is 1.46. The maximum absolute atomic E-state index is 13.5. The summed E-state index contributed by atoms with van der Waals surface area (Å²) in [5.41, 5.74) is 5.18. The number of carbonyl (C=O) groups is 1. The lowest BCUT2D eigenvalue weighted by Gasteiger charge is -2.20. The molecular formula is C42H45N3O6S. The van der Waals surface area contributed by atoms with Gasteiger partial charge < -0.3 is 24.1 Å². The normalized spacial score (nSPS) is 11.9. The van der Waals surface area contributed by atoms with Crippen LogP contribution in [0.25, 0.3) is 32.9 Å². The summed E-state index contributed by atoms with van der Waals surface area (Å²) in [6.07, 6.45) is 2.86. The number of benzene rings is 5. The minimum absolute atomic E-state index is 0.213. The number of anilines is 1. The van der Waals surface area contributed by atoms with Crippen molar-refractivity contribution in [3.63, 3.8) is 0 Å². The van der Waals surface area contributed by atoms with Crippen molar-refractivity contribution >= 4 is 43.3 Å². The zero-order chi connectivity index (χ0) is 37.0. The molecule has 0 unspecified atom stereocenters. The van der Waals surface area contributed by atoms with Gasteiger partial charge in [-0.05, 0) is 103 Å². The summed E-state index contributed by atoms with van der Waals surface area (Å²) in [4.78, 5) is 18.2. The molecule has 6 rings (SSSR count). The fourth-order valence-electron chi connectivity index (χ4n) is 6.21.